The summed E-state index contributed by atoms with van der Waals surface area (Å²) in [6.45, 7) is 0. The minimum Gasteiger partial charge on any atom is -0.362 e. The van der Waals surface area contributed by atoms with Gasteiger partial charge in [-0.3, -0.25) is 9.36 Å². The Morgan fingerprint density at radius 3 is 1.75 bits per heavy atom. The molecule has 0 aliphatic rings. The fourth-order valence-electron chi connectivity index (χ4n) is 0. The summed E-state index contributed by atoms with van der Waals surface area (Å²) < 4.78 is 8.74. The van der Waals surface area contributed by atoms with Crippen LogP contribution in [0.5, 0.6) is 0 Å². The van der Waals surface area contributed by atoms with Crippen molar-refractivity contribution in [2.45, 2.75) is 0 Å². The Morgan fingerprint density at radius 2 is 1.75 bits per heavy atom. The number of carbonyl (C=O) groups excluding carboxylic acids is 1. The maximum Gasteiger partial charge on any atom is 0.314 e. The molecule has 0 spiro atoms. The van der Waals surface area contributed by atoms with Gasteiger partial charge in [0, 0.05) is 7.05 Å². The minimum absolute atomic E-state index is 0.625. The normalized spacial score (nSPS) is 7.00. The van der Waals surface area contributed by atoms with Gasteiger partial charge in [0.05, 0.1) is 0 Å². The van der Waals surface area contributed by atoms with E-state index >= 15 is 0 Å². The van der Waals surface area contributed by atoms with Crippen LogP contribution >= 0.6 is 8.25 Å². The minimum atomic E-state index is -3.13. The summed E-state index contributed by atoms with van der Waals surface area (Å²) in [6.07, 6.45) is 0.625. The van der Waals surface area contributed by atoms with Crippen LogP contribution < -0.4 is 5.32 Å². The van der Waals surface area contributed by atoms with Crippen LogP contribution in [0.25, 0.3) is 0 Å². The van der Waals surface area contributed by atoms with E-state index in [2.05, 4.69) is 5.32 Å². The number of carbonyl (C=O) groups is 1. The van der Waals surface area contributed by atoms with E-state index in [-0.39, 0.29) is 0 Å². The molecule has 3 N–H and O–H groups in total. The van der Waals surface area contributed by atoms with E-state index < -0.39 is 8.25 Å². The van der Waals surface area contributed by atoms with Crippen molar-refractivity contribution in [3.63, 3.8) is 0 Å². The molecule has 0 radical (unpaired) electrons. The largest absolute Gasteiger partial charge is 0.362 e. The Hall–Kier alpha value is -0.380. The lowest BCUT2D eigenvalue weighted by Gasteiger charge is -1.64. The number of nitrogens with one attached hydrogen (secondary N) is 1. The quantitative estimate of drug-likeness (QED) is 0.313. The van der Waals surface area contributed by atoms with E-state index in [1.54, 1.807) is 7.05 Å². The number of rotatable bonds is 1. The fraction of sp³-hybridized carbons (Fsp3) is 0.500. The van der Waals surface area contributed by atoms with Crippen LogP contribution in [0.1, 0.15) is 0 Å². The first kappa shape index (κ1) is 10.6. The van der Waals surface area contributed by atoms with Crippen molar-refractivity contribution < 1.29 is 19.1 Å². The van der Waals surface area contributed by atoms with Crippen LogP contribution in [0, 0.1) is 0 Å². The van der Waals surface area contributed by atoms with Gasteiger partial charge >= 0.3 is 8.25 Å². The number of hydrogen-bond acceptors (Lipinski definition) is 2. The highest BCUT2D eigenvalue weighted by molar-refractivity contribution is 7.30. The van der Waals surface area contributed by atoms with Gasteiger partial charge in [0.15, 0.2) is 0 Å². The molecule has 0 heterocycles. The molecule has 1 amide bonds. The molecular formula is C2H8NO4P. The van der Waals surface area contributed by atoms with Gasteiger partial charge in [0.25, 0.3) is 0 Å². The number of amides is 1. The molecule has 50 valence electrons. The van der Waals surface area contributed by atoms with Crippen molar-refractivity contribution in [2.75, 3.05) is 7.05 Å². The highest BCUT2D eigenvalue weighted by Gasteiger charge is 1.61. The second-order valence-corrected chi connectivity index (χ2v) is 1.25. The van der Waals surface area contributed by atoms with E-state index in [4.69, 9.17) is 19.1 Å². The highest BCUT2D eigenvalue weighted by Crippen LogP contribution is 1.98. The number of hydrogen-bond donors (Lipinski definition) is 3. The summed E-state index contributed by atoms with van der Waals surface area (Å²) >= 11 is 0. The van der Waals surface area contributed by atoms with Crippen molar-refractivity contribution in [3.8, 4) is 0 Å². The molecule has 5 nitrogen and oxygen atoms in total. The topological polar surface area (TPSA) is 86.6 Å². The van der Waals surface area contributed by atoms with Crippen molar-refractivity contribution in [1.82, 2.24) is 5.32 Å². The molecule has 0 atom stereocenters. The smallest absolute Gasteiger partial charge is 0.314 e. The molecule has 0 fully saturated rings. The second-order valence-electron chi connectivity index (χ2n) is 0.689. The van der Waals surface area contributed by atoms with Gasteiger partial charge in [0.1, 0.15) is 0 Å². The zero-order valence-electron chi connectivity index (χ0n) is 4.29. The third-order valence-corrected chi connectivity index (χ3v) is 0.118. The molecule has 0 aromatic rings. The van der Waals surface area contributed by atoms with Crippen LogP contribution in [0.4, 0.5) is 0 Å². The molecule has 8 heavy (non-hydrogen) atoms. The van der Waals surface area contributed by atoms with Gasteiger partial charge in [0.2, 0.25) is 6.41 Å². The molecule has 0 aromatic heterocycles. The average molecular weight is 141 g/mol. The zero-order chi connectivity index (χ0) is 6.99. The van der Waals surface area contributed by atoms with Gasteiger partial charge in [-0.2, -0.15) is 0 Å². The lowest BCUT2D eigenvalue weighted by atomic mass is 11.2. The van der Waals surface area contributed by atoms with E-state index in [9.17, 15) is 0 Å². The molecule has 0 aliphatic carbocycles. The fourth-order valence-corrected chi connectivity index (χ4v) is 0. The Balaban J connectivity index is 0. The first-order valence-corrected chi connectivity index (χ1v) is 2.98. The summed E-state index contributed by atoms with van der Waals surface area (Å²) in [5.74, 6) is 0. The third-order valence-electron chi connectivity index (χ3n) is 0.118. The van der Waals surface area contributed by atoms with Gasteiger partial charge < -0.3 is 15.1 Å². The molecule has 0 aliphatic heterocycles. The first-order valence-electron chi connectivity index (χ1n) is 1.68. The van der Waals surface area contributed by atoms with Crippen molar-refractivity contribution in [1.29, 1.82) is 0 Å². The molecule has 0 rings (SSSR count). The van der Waals surface area contributed by atoms with Crippen LogP contribution in [0.3, 0.4) is 0 Å². The van der Waals surface area contributed by atoms with E-state index in [1.807, 2.05) is 0 Å². The third kappa shape index (κ3) is 312. The van der Waals surface area contributed by atoms with Crippen molar-refractivity contribution in [2.24, 2.45) is 0 Å². The monoisotopic (exact) mass is 141 g/mol. The SMILES string of the molecule is CNC=O.O=[PH](O)O. The molecule has 0 saturated heterocycles. The maximum absolute atomic E-state index is 9.06. The summed E-state index contributed by atoms with van der Waals surface area (Å²) in [5, 5.41) is 2.25. The summed E-state index contributed by atoms with van der Waals surface area (Å²) in [7, 11) is -1.57. The van der Waals surface area contributed by atoms with Gasteiger partial charge in [-0.15, -0.1) is 0 Å². The lowest BCUT2D eigenvalue weighted by molar-refractivity contribution is -0.109. The molecule has 0 unspecified atom stereocenters. The van der Waals surface area contributed by atoms with Crippen molar-refractivity contribution in [3.05, 3.63) is 0 Å². The van der Waals surface area contributed by atoms with Gasteiger partial charge in [-0.05, 0) is 0 Å². The van der Waals surface area contributed by atoms with Crippen molar-refractivity contribution >= 4 is 14.7 Å². The Kier molecular flexibility index (Phi) is 12.9. The van der Waals surface area contributed by atoms with Crippen LogP contribution in [0.2, 0.25) is 0 Å². The molecule has 6 heteroatoms. The predicted octanol–water partition coefficient (Wildman–Crippen LogP) is -1.28. The average Bonchev–Trinajstić information content (AvgIpc) is 1.65. The second kappa shape index (κ2) is 9.80. The summed E-state index contributed by atoms with van der Waals surface area (Å²) in [5.41, 5.74) is 0. The summed E-state index contributed by atoms with van der Waals surface area (Å²) in [4.78, 5) is 23.4. The van der Waals surface area contributed by atoms with E-state index in [0.717, 1.165) is 0 Å². The van der Waals surface area contributed by atoms with Gasteiger partial charge in [-0.25, -0.2) is 0 Å². The Labute approximate surface area is 47.3 Å². The Bertz CT molecular complexity index is 70.4. The first-order chi connectivity index (χ1) is 3.65. The standard InChI is InChI=1S/C2H5NO.H3O3P/c1-3-2-4;1-4(2)3/h2H,1H3,(H,3,4);4H,(H2,1,2,3). The molecule has 0 bridgehead atoms. The molecule has 0 aromatic carbocycles. The zero-order valence-corrected chi connectivity index (χ0v) is 5.29. The highest BCUT2D eigenvalue weighted by atomic mass is 31.1. The van der Waals surface area contributed by atoms with E-state index in [0.29, 0.717) is 6.41 Å². The van der Waals surface area contributed by atoms with Crippen LogP contribution in [0.15, 0.2) is 0 Å². The van der Waals surface area contributed by atoms with E-state index in [1.165, 1.54) is 0 Å². The van der Waals surface area contributed by atoms with Gasteiger partial charge in [-0.1, -0.05) is 0 Å². The molecular weight excluding hydrogens is 133 g/mol. The summed E-state index contributed by atoms with van der Waals surface area (Å²) in [6, 6.07) is 0. The Morgan fingerprint density at radius 1 is 1.62 bits per heavy atom. The predicted molar refractivity (Wildman–Crippen MR) is 28.6 cm³/mol. The van der Waals surface area contributed by atoms with Crippen LogP contribution in [-0.2, 0) is 9.36 Å². The lowest BCUT2D eigenvalue weighted by Crippen LogP contribution is -1.98. The molecule has 0 saturated carbocycles. The maximum atomic E-state index is 9.06. The van der Waals surface area contributed by atoms with Crippen LogP contribution in [-0.4, -0.2) is 23.2 Å².